The molecule has 1 fully saturated rings. The highest BCUT2D eigenvalue weighted by Gasteiger charge is 2.62. The molecule has 0 bridgehead atoms. The number of carbonyl (C=O) groups excluding carboxylic acids is 1. The molecule has 8 heteroatoms. The minimum absolute atomic E-state index is 0.0595. The Balaban J connectivity index is 2.89. The van der Waals surface area contributed by atoms with Crippen LogP contribution in [0.1, 0.15) is 19.8 Å². The zero-order valence-electron chi connectivity index (χ0n) is 10.6. The van der Waals surface area contributed by atoms with Gasteiger partial charge in [0, 0.05) is 19.6 Å². The Labute approximate surface area is 108 Å². The number of nitrogens with one attached hydrogen (secondary N) is 1. The van der Waals surface area contributed by atoms with E-state index in [-0.39, 0.29) is 32.5 Å². The van der Waals surface area contributed by atoms with Crippen molar-refractivity contribution in [2.75, 3.05) is 26.2 Å². The third kappa shape index (κ3) is 3.17. The molecule has 1 aliphatic heterocycles. The first kappa shape index (κ1) is 15.7. The lowest BCUT2D eigenvalue weighted by atomic mass is 9.84. The van der Waals surface area contributed by atoms with Crippen LogP contribution in [0.2, 0.25) is 0 Å². The summed E-state index contributed by atoms with van der Waals surface area (Å²) in [4.78, 5) is 23.6. The highest BCUT2D eigenvalue weighted by atomic mass is 19.4. The van der Waals surface area contributed by atoms with Crippen molar-refractivity contribution in [1.82, 2.24) is 10.2 Å². The molecule has 1 amide bonds. The number of hydrogen-bond acceptors (Lipinski definition) is 3. The summed E-state index contributed by atoms with van der Waals surface area (Å²) in [6.07, 6.45) is -5.30. The van der Waals surface area contributed by atoms with Gasteiger partial charge in [0.25, 0.3) is 0 Å². The largest absolute Gasteiger partial charge is 0.481 e. The van der Waals surface area contributed by atoms with Crippen LogP contribution in [0.25, 0.3) is 0 Å². The summed E-state index contributed by atoms with van der Waals surface area (Å²) >= 11 is 0. The Morgan fingerprint density at radius 3 is 2.42 bits per heavy atom. The summed E-state index contributed by atoms with van der Waals surface area (Å²) in [6.45, 7) is 1.07. The van der Waals surface area contributed by atoms with Gasteiger partial charge in [-0.25, -0.2) is 0 Å². The Morgan fingerprint density at radius 1 is 1.42 bits per heavy atom. The summed E-state index contributed by atoms with van der Waals surface area (Å²) in [6, 6.07) is 0. The van der Waals surface area contributed by atoms with E-state index in [1.165, 1.54) is 6.92 Å². The quantitative estimate of drug-likeness (QED) is 0.784. The third-order valence-corrected chi connectivity index (χ3v) is 3.37. The SMILES string of the molecule is CCN(CCC(=O)O)C(=O)C1(C(F)(F)F)CCNC1. The van der Waals surface area contributed by atoms with E-state index in [4.69, 9.17) is 5.11 Å². The van der Waals surface area contributed by atoms with Crippen molar-refractivity contribution in [3.05, 3.63) is 0 Å². The van der Waals surface area contributed by atoms with E-state index in [0.29, 0.717) is 0 Å². The second-order valence-electron chi connectivity index (χ2n) is 4.54. The van der Waals surface area contributed by atoms with E-state index in [1.54, 1.807) is 0 Å². The minimum atomic E-state index is -4.63. The molecule has 0 aliphatic carbocycles. The third-order valence-electron chi connectivity index (χ3n) is 3.37. The fourth-order valence-corrected chi connectivity index (χ4v) is 2.17. The van der Waals surface area contributed by atoms with Gasteiger partial charge < -0.3 is 15.3 Å². The van der Waals surface area contributed by atoms with Gasteiger partial charge in [-0.15, -0.1) is 0 Å². The average molecular weight is 282 g/mol. The van der Waals surface area contributed by atoms with Crippen LogP contribution in [0.4, 0.5) is 13.2 Å². The van der Waals surface area contributed by atoms with Gasteiger partial charge in [0.15, 0.2) is 5.41 Å². The van der Waals surface area contributed by atoms with Gasteiger partial charge >= 0.3 is 12.1 Å². The summed E-state index contributed by atoms with van der Waals surface area (Å²) in [7, 11) is 0. The van der Waals surface area contributed by atoms with Gasteiger partial charge in [0.2, 0.25) is 5.91 Å². The van der Waals surface area contributed by atoms with Crippen LogP contribution in [0.15, 0.2) is 0 Å². The molecule has 1 atom stereocenters. The molecule has 0 aromatic rings. The molecular weight excluding hydrogens is 265 g/mol. The van der Waals surface area contributed by atoms with Gasteiger partial charge in [-0.3, -0.25) is 9.59 Å². The molecule has 1 saturated heterocycles. The maximum atomic E-state index is 13.2. The molecule has 0 spiro atoms. The van der Waals surface area contributed by atoms with Gasteiger partial charge in [-0.1, -0.05) is 0 Å². The van der Waals surface area contributed by atoms with E-state index < -0.39 is 30.0 Å². The van der Waals surface area contributed by atoms with Crippen LogP contribution in [0.3, 0.4) is 0 Å². The molecular formula is C11H17F3N2O3. The normalized spacial score (nSPS) is 23.4. The number of carbonyl (C=O) groups is 2. The van der Waals surface area contributed by atoms with Crippen molar-refractivity contribution < 1.29 is 27.9 Å². The summed E-state index contributed by atoms with van der Waals surface area (Å²) in [5.74, 6) is -2.18. The number of halogens is 3. The molecule has 0 aromatic heterocycles. The average Bonchev–Trinajstić information content (AvgIpc) is 2.78. The number of carboxylic acids is 1. The predicted octanol–water partition coefficient (Wildman–Crippen LogP) is 0.852. The molecule has 0 radical (unpaired) electrons. The molecule has 1 rings (SSSR count). The van der Waals surface area contributed by atoms with E-state index in [2.05, 4.69) is 5.32 Å². The van der Waals surface area contributed by atoms with Gasteiger partial charge in [-0.2, -0.15) is 13.2 Å². The first-order valence-electron chi connectivity index (χ1n) is 6.03. The first-order chi connectivity index (χ1) is 8.74. The van der Waals surface area contributed by atoms with E-state index in [0.717, 1.165) is 4.90 Å². The van der Waals surface area contributed by atoms with Crippen LogP contribution >= 0.6 is 0 Å². The van der Waals surface area contributed by atoms with Crippen molar-refractivity contribution in [3.8, 4) is 0 Å². The molecule has 1 heterocycles. The van der Waals surface area contributed by atoms with Crippen LogP contribution in [-0.2, 0) is 9.59 Å². The van der Waals surface area contributed by atoms with Gasteiger partial charge in [0.1, 0.15) is 0 Å². The van der Waals surface area contributed by atoms with Crippen molar-refractivity contribution in [3.63, 3.8) is 0 Å². The highest BCUT2D eigenvalue weighted by Crippen LogP contribution is 2.44. The smallest absolute Gasteiger partial charge is 0.404 e. The molecule has 2 N–H and O–H groups in total. The van der Waals surface area contributed by atoms with Crippen molar-refractivity contribution in [1.29, 1.82) is 0 Å². The summed E-state index contributed by atoms with van der Waals surface area (Å²) in [5.41, 5.74) is -2.42. The second-order valence-corrected chi connectivity index (χ2v) is 4.54. The predicted molar refractivity (Wildman–Crippen MR) is 60.5 cm³/mol. The Bertz CT molecular complexity index is 352. The Kier molecular flexibility index (Phi) is 4.78. The fourth-order valence-electron chi connectivity index (χ4n) is 2.17. The second kappa shape index (κ2) is 5.77. The number of alkyl halides is 3. The summed E-state index contributed by atoms with van der Waals surface area (Å²) < 4.78 is 39.5. The molecule has 0 saturated carbocycles. The zero-order chi connectivity index (χ0) is 14.7. The van der Waals surface area contributed by atoms with E-state index in [9.17, 15) is 22.8 Å². The molecule has 5 nitrogen and oxygen atoms in total. The first-order valence-corrected chi connectivity index (χ1v) is 6.03. The van der Waals surface area contributed by atoms with Crippen molar-refractivity contribution in [2.45, 2.75) is 25.9 Å². The van der Waals surface area contributed by atoms with Crippen LogP contribution in [-0.4, -0.2) is 54.2 Å². The van der Waals surface area contributed by atoms with Crippen LogP contribution in [0, 0.1) is 5.41 Å². The monoisotopic (exact) mass is 282 g/mol. The lowest BCUT2D eigenvalue weighted by molar-refractivity contribution is -0.221. The van der Waals surface area contributed by atoms with Crippen molar-refractivity contribution in [2.24, 2.45) is 5.41 Å². The topological polar surface area (TPSA) is 69.6 Å². The summed E-state index contributed by atoms with van der Waals surface area (Å²) in [5, 5.41) is 11.1. The number of nitrogens with zero attached hydrogens (tertiary/aromatic N) is 1. The molecule has 110 valence electrons. The van der Waals surface area contributed by atoms with Gasteiger partial charge in [0.05, 0.1) is 6.42 Å². The molecule has 1 aliphatic rings. The number of hydrogen-bond donors (Lipinski definition) is 2. The molecule has 1 unspecified atom stereocenters. The van der Waals surface area contributed by atoms with Gasteiger partial charge in [-0.05, 0) is 19.9 Å². The Morgan fingerprint density at radius 2 is 2.05 bits per heavy atom. The molecule has 0 aromatic carbocycles. The maximum Gasteiger partial charge on any atom is 0.404 e. The number of aliphatic carboxylic acids is 1. The minimum Gasteiger partial charge on any atom is -0.481 e. The number of carboxylic acid groups (broad SMARTS) is 1. The van der Waals surface area contributed by atoms with Crippen LogP contribution in [0.5, 0.6) is 0 Å². The fraction of sp³-hybridized carbons (Fsp3) is 0.818. The van der Waals surface area contributed by atoms with E-state index >= 15 is 0 Å². The molecule has 19 heavy (non-hydrogen) atoms. The lowest BCUT2D eigenvalue weighted by Gasteiger charge is -2.34. The Hall–Kier alpha value is -1.31. The van der Waals surface area contributed by atoms with Crippen molar-refractivity contribution >= 4 is 11.9 Å². The number of rotatable bonds is 5. The van der Waals surface area contributed by atoms with Crippen LogP contribution < -0.4 is 5.32 Å². The van der Waals surface area contributed by atoms with E-state index in [1.807, 2.05) is 0 Å². The zero-order valence-corrected chi connectivity index (χ0v) is 10.6. The maximum absolute atomic E-state index is 13.2. The lowest BCUT2D eigenvalue weighted by Crippen LogP contribution is -2.53. The number of amides is 1. The standard InChI is InChI=1S/C11H17F3N2O3/c1-2-16(6-3-8(17)18)9(19)10(11(12,13)14)4-5-15-7-10/h15H,2-7H2,1H3,(H,17,18). The highest BCUT2D eigenvalue weighted by molar-refractivity contribution is 5.84.